The standard InChI is InChI=1S/C33H35FN10O.C3H4.C2H6/c1-35-30(44-18-16-43(17-19-44)29-11-6-24(21-38-29)33-36-13-3-14-37-33)22-42(2)15-12-31(45)39-26-9-10-28-27(20-26)32(41-40-28)23-4-7-25(34)8-5-23;1-3-2;1-2/h3-11,13-14,20-21H,12,15-19,22H2,1-2H3,(H,39,45)(H,40,41);1H,2H3;1-2H3. The number of anilines is 2. The summed E-state index contributed by atoms with van der Waals surface area (Å²) in [4.78, 5) is 37.4. The van der Waals surface area contributed by atoms with Crippen LogP contribution < -0.4 is 10.2 Å². The van der Waals surface area contributed by atoms with Gasteiger partial charge >= 0.3 is 0 Å². The van der Waals surface area contributed by atoms with Crippen LogP contribution >= 0.6 is 0 Å². The van der Waals surface area contributed by atoms with Crippen LogP contribution in [-0.2, 0) is 4.79 Å². The molecule has 11 nitrogen and oxygen atoms in total. The number of rotatable bonds is 9. The van der Waals surface area contributed by atoms with E-state index in [1.54, 1.807) is 37.5 Å². The molecule has 0 atom stereocenters. The number of carbonyl (C=O) groups excluding carboxylic acids is 1. The zero-order valence-corrected chi connectivity index (χ0v) is 29.4. The van der Waals surface area contributed by atoms with E-state index in [2.05, 4.69) is 62.5 Å². The number of aliphatic imine (C=N–C) groups is 1. The minimum absolute atomic E-state index is 0.0750. The zero-order valence-electron chi connectivity index (χ0n) is 29.4. The number of nitrogens with zero attached hydrogens (tertiary/aromatic N) is 8. The van der Waals surface area contributed by atoms with Crippen molar-refractivity contribution in [1.82, 2.24) is 34.9 Å². The molecule has 1 amide bonds. The Morgan fingerprint density at radius 1 is 1.02 bits per heavy atom. The number of H-pyrrole nitrogens is 1. The van der Waals surface area contributed by atoms with E-state index in [4.69, 9.17) is 0 Å². The van der Waals surface area contributed by atoms with E-state index >= 15 is 0 Å². The quantitative estimate of drug-likeness (QED) is 0.111. The van der Waals surface area contributed by atoms with Gasteiger partial charge in [0.25, 0.3) is 0 Å². The lowest BCUT2D eigenvalue weighted by atomic mass is 10.1. The lowest BCUT2D eigenvalue weighted by Gasteiger charge is -2.38. The van der Waals surface area contributed by atoms with Gasteiger partial charge in [0, 0.05) is 87.0 Å². The van der Waals surface area contributed by atoms with Gasteiger partial charge in [-0.15, -0.1) is 12.3 Å². The van der Waals surface area contributed by atoms with Crippen molar-refractivity contribution in [2.45, 2.75) is 27.2 Å². The van der Waals surface area contributed by atoms with E-state index in [1.165, 1.54) is 12.1 Å². The number of fused-ring (bicyclic) bond motifs is 1. The van der Waals surface area contributed by atoms with Crippen LogP contribution in [-0.4, -0.2) is 100 Å². The number of piperazine rings is 1. The number of hydrogen-bond donors (Lipinski definition) is 2. The summed E-state index contributed by atoms with van der Waals surface area (Å²) in [6, 6.07) is 17.6. The summed E-state index contributed by atoms with van der Waals surface area (Å²) in [5, 5.41) is 11.3. The first-order valence-electron chi connectivity index (χ1n) is 16.7. The van der Waals surface area contributed by atoms with Gasteiger partial charge in [-0.25, -0.2) is 19.3 Å². The van der Waals surface area contributed by atoms with Gasteiger partial charge in [-0.05, 0) is 74.6 Å². The van der Waals surface area contributed by atoms with Gasteiger partial charge in [0.15, 0.2) is 5.82 Å². The van der Waals surface area contributed by atoms with Gasteiger partial charge in [0.1, 0.15) is 17.5 Å². The smallest absolute Gasteiger partial charge is 0.225 e. The summed E-state index contributed by atoms with van der Waals surface area (Å²) in [6.45, 7) is 10.2. The van der Waals surface area contributed by atoms with Crippen molar-refractivity contribution in [3.63, 3.8) is 0 Å². The largest absolute Gasteiger partial charge is 0.356 e. The van der Waals surface area contributed by atoms with Gasteiger partial charge in [-0.1, -0.05) is 13.8 Å². The number of amides is 1. The van der Waals surface area contributed by atoms with Gasteiger partial charge < -0.3 is 15.1 Å². The molecular weight excluding hydrogens is 631 g/mol. The number of aromatic amines is 1. The molecule has 0 saturated carbocycles. The van der Waals surface area contributed by atoms with Gasteiger partial charge in [-0.3, -0.25) is 19.8 Å². The number of terminal acetylenes is 1. The average Bonchev–Trinajstić information content (AvgIpc) is 3.58. The number of likely N-dealkylation sites (N-methyl/N-ethyl adjacent to an activating group) is 1. The summed E-state index contributed by atoms with van der Waals surface area (Å²) in [5.74, 6) is 4.48. The van der Waals surface area contributed by atoms with Gasteiger partial charge in [0.05, 0.1) is 17.8 Å². The summed E-state index contributed by atoms with van der Waals surface area (Å²) in [7, 11) is 3.82. The fourth-order valence-corrected chi connectivity index (χ4v) is 5.42. The number of aromatic nitrogens is 5. The molecule has 1 aliphatic heterocycles. The highest BCUT2D eigenvalue weighted by Crippen LogP contribution is 2.28. The first kappa shape index (κ1) is 37.2. The fraction of sp³-hybridized carbons (Fsp3) is 0.316. The van der Waals surface area contributed by atoms with Crippen LogP contribution in [0.5, 0.6) is 0 Å². The maximum atomic E-state index is 13.4. The number of amidine groups is 1. The molecular formula is C38H45FN10O. The van der Waals surface area contributed by atoms with E-state index in [0.29, 0.717) is 36.7 Å². The maximum absolute atomic E-state index is 13.4. The number of halogens is 1. The molecule has 1 fully saturated rings. The predicted octanol–water partition coefficient (Wildman–Crippen LogP) is 6.00. The van der Waals surface area contributed by atoms with E-state index in [-0.39, 0.29) is 11.7 Å². The van der Waals surface area contributed by atoms with Crippen LogP contribution in [0.1, 0.15) is 27.2 Å². The molecule has 0 unspecified atom stereocenters. The molecule has 0 radical (unpaired) electrons. The molecule has 0 aliphatic carbocycles. The Bertz CT molecular complexity index is 1860. The highest BCUT2D eigenvalue weighted by Gasteiger charge is 2.22. The maximum Gasteiger partial charge on any atom is 0.225 e. The van der Waals surface area contributed by atoms with Crippen LogP contribution in [0.15, 0.2) is 84.2 Å². The van der Waals surface area contributed by atoms with E-state index < -0.39 is 0 Å². The monoisotopic (exact) mass is 676 g/mol. The first-order valence-corrected chi connectivity index (χ1v) is 16.7. The van der Waals surface area contributed by atoms with Crippen LogP contribution in [0.25, 0.3) is 33.5 Å². The van der Waals surface area contributed by atoms with Crippen molar-refractivity contribution in [2.24, 2.45) is 4.99 Å². The van der Waals surface area contributed by atoms with Crippen LogP contribution in [0, 0.1) is 18.2 Å². The molecule has 2 aromatic carbocycles. The minimum atomic E-state index is -0.300. The molecule has 0 bridgehead atoms. The summed E-state index contributed by atoms with van der Waals surface area (Å²) >= 11 is 0. The molecule has 0 spiro atoms. The topological polar surface area (TPSA) is 119 Å². The van der Waals surface area contributed by atoms with Crippen molar-refractivity contribution in [3.8, 4) is 35.0 Å². The molecule has 6 rings (SSSR count). The molecule has 1 aliphatic rings. The van der Waals surface area contributed by atoms with Crippen molar-refractivity contribution in [3.05, 3.63) is 85.1 Å². The van der Waals surface area contributed by atoms with Crippen LogP contribution in [0.2, 0.25) is 0 Å². The Morgan fingerprint density at radius 3 is 2.34 bits per heavy atom. The Kier molecular flexibility index (Phi) is 13.9. The SMILES string of the molecule is C#CC.CC.CN=C(CN(C)CCC(=O)Nc1ccc2[nH]nc(-c3ccc(F)cc3)c2c1)N1CCN(c2ccc(-c3ncccn3)cn2)CC1. The second kappa shape index (κ2) is 18.8. The fourth-order valence-electron chi connectivity index (χ4n) is 5.42. The molecule has 3 aromatic heterocycles. The van der Waals surface area contributed by atoms with Crippen molar-refractivity contribution >= 4 is 34.2 Å². The number of pyridine rings is 1. The molecule has 2 N–H and O–H groups in total. The number of carbonyl (C=O) groups is 1. The van der Waals surface area contributed by atoms with Gasteiger partial charge in [0.2, 0.25) is 5.91 Å². The number of hydrogen-bond acceptors (Lipinski definition) is 8. The number of nitrogens with one attached hydrogen (secondary N) is 2. The van der Waals surface area contributed by atoms with E-state index in [1.807, 2.05) is 64.5 Å². The minimum Gasteiger partial charge on any atom is -0.356 e. The van der Waals surface area contributed by atoms with Crippen molar-refractivity contribution in [1.29, 1.82) is 0 Å². The second-order valence-electron chi connectivity index (χ2n) is 11.3. The molecule has 12 heteroatoms. The summed E-state index contributed by atoms with van der Waals surface area (Å²) < 4.78 is 13.4. The Balaban J connectivity index is 0.00000107. The Labute approximate surface area is 293 Å². The second-order valence-corrected chi connectivity index (χ2v) is 11.3. The van der Waals surface area contributed by atoms with E-state index in [9.17, 15) is 9.18 Å². The van der Waals surface area contributed by atoms with E-state index in [0.717, 1.165) is 59.9 Å². The normalized spacial score (nSPS) is 12.8. The summed E-state index contributed by atoms with van der Waals surface area (Å²) in [5.41, 5.74) is 3.93. The molecule has 4 heterocycles. The highest BCUT2D eigenvalue weighted by molar-refractivity contribution is 5.98. The molecule has 5 aromatic rings. The lowest BCUT2D eigenvalue weighted by Crippen LogP contribution is -2.51. The average molecular weight is 677 g/mol. The third-order valence-electron chi connectivity index (χ3n) is 7.89. The molecule has 50 heavy (non-hydrogen) atoms. The number of benzene rings is 2. The Morgan fingerprint density at radius 2 is 1.70 bits per heavy atom. The Hall–Kier alpha value is -5.67. The summed E-state index contributed by atoms with van der Waals surface area (Å²) in [6.07, 6.45) is 10.2. The molecule has 260 valence electrons. The van der Waals surface area contributed by atoms with Crippen LogP contribution in [0.3, 0.4) is 0 Å². The third-order valence-corrected chi connectivity index (χ3v) is 7.89. The van der Waals surface area contributed by atoms with Crippen molar-refractivity contribution in [2.75, 3.05) is 63.6 Å². The first-order chi connectivity index (χ1) is 24.4. The zero-order chi connectivity index (χ0) is 35.9. The predicted molar refractivity (Wildman–Crippen MR) is 200 cm³/mol. The highest BCUT2D eigenvalue weighted by atomic mass is 19.1. The lowest BCUT2D eigenvalue weighted by molar-refractivity contribution is -0.116. The third kappa shape index (κ3) is 9.93. The van der Waals surface area contributed by atoms with Gasteiger partial charge in [-0.2, -0.15) is 5.10 Å². The van der Waals surface area contributed by atoms with Crippen molar-refractivity contribution < 1.29 is 9.18 Å². The molecule has 1 saturated heterocycles. The van der Waals surface area contributed by atoms with Crippen LogP contribution in [0.4, 0.5) is 15.9 Å².